The minimum absolute atomic E-state index is 0.126. The molecule has 0 saturated carbocycles. The number of halogens is 1. The van der Waals surface area contributed by atoms with E-state index >= 15 is 0 Å². The number of nitrogens with zero attached hydrogens (tertiary/aromatic N) is 1. The third-order valence-electron chi connectivity index (χ3n) is 5.13. The van der Waals surface area contributed by atoms with E-state index in [0.29, 0.717) is 28.5 Å². The Morgan fingerprint density at radius 1 is 1.00 bits per heavy atom. The van der Waals surface area contributed by atoms with Crippen molar-refractivity contribution in [1.82, 2.24) is 10.7 Å². The maximum atomic E-state index is 12.3. The van der Waals surface area contributed by atoms with Gasteiger partial charge in [-0.25, -0.2) is 5.43 Å². The second-order valence-corrected chi connectivity index (χ2v) is 8.87. The standard InChI is InChI=1S/C26H23BrN4O6/c1-16-2-6-20(7-3-16)30-24(32)14-35-21-9-5-19(27)11-18(21)13-29-31-26(34)25(33)28-12-17-4-8-22-23(10-17)37-15-36-22/h2-11,13H,12,14-15H2,1H3,(H,28,33)(H,30,32)(H,31,34)/b29-13-. The summed E-state index contributed by atoms with van der Waals surface area (Å²) in [6, 6.07) is 17.7. The highest BCUT2D eigenvalue weighted by Gasteiger charge is 2.16. The molecular formula is C26H23BrN4O6. The molecule has 1 heterocycles. The molecule has 0 atom stereocenters. The second-order valence-electron chi connectivity index (χ2n) is 7.95. The number of hydrogen-bond acceptors (Lipinski definition) is 7. The summed E-state index contributed by atoms with van der Waals surface area (Å²) in [5.74, 6) is -0.541. The summed E-state index contributed by atoms with van der Waals surface area (Å²) in [4.78, 5) is 36.5. The highest BCUT2D eigenvalue weighted by atomic mass is 79.9. The molecule has 11 heteroatoms. The van der Waals surface area contributed by atoms with Crippen LogP contribution in [0.4, 0.5) is 5.69 Å². The van der Waals surface area contributed by atoms with Crippen LogP contribution >= 0.6 is 15.9 Å². The van der Waals surface area contributed by atoms with E-state index < -0.39 is 11.8 Å². The number of hydrazone groups is 1. The average Bonchev–Trinajstić information content (AvgIpc) is 3.36. The molecule has 0 saturated heterocycles. The molecule has 37 heavy (non-hydrogen) atoms. The van der Waals surface area contributed by atoms with E-state index in [1.165, 1.54) is 6.21 Å². The fourth-order valence-electron chi connectivity index (χ4n) is 3.25. The van der Waals surface area contributed by atoms with E-state index in [-0.39, 0.29) is 25.9 Å². The van der Waals surface area contributed by atoms with Crippen LogP contribution in [0.25, 0.3) is 0 Å². The molecule has 1 aliphatic rings. The zero-order valence-corrected chi connectivity index (χ0v) is 21.3. The summed E-state index contributed by atoms with van der Waals surface area (Å²) >= 11 is 3.37. The lowest BCUT2D eigenvalue weighted by atomic mass is 10.2. The predicted molar refractivity (Wildman–Crippen MR) is 140 cm³/mol. The molecule has 0 unspecified atom stereocenters. The van der Waals surface area contributed by atoms with Gasteiger partial charge in [0.1, 0.15) is 5.75 Å². The number of amides is 3. The van der Waals surface area contributed by atoms with Crippen LogP contribution in [0.1, 0.15) is 16.7 Å². The van der Waals surface area contributed by atoms with Crippen LogP contribution in [0.15, 0.2) is 70.2 Å². The normalized spacial score (nSPS) is 11.7. The lowest BCUT2D eigenvalue weighted by Crippen LogP contribution is -2.37. The number of carbonyl (C=O) groups is 3. The Morgan fingerprint density at radius 3 is 2.59 bits per heavy atom. The Kier molecular flexibility index (Phi) is 8.37. The molecule has 1 aliphatic heterocycles. The van der Waals surface area contributed by atoms with Crippen molar-refractivity contribution in [2.24, 2.45) is 5.10 Å². The summed E-state index contributed by atoms with van der Waals surface area (Å²) in [7, 11) is 0. The maximum absolute atomic E-state index is 12.3. The minimum atomic E-state index is -0.938. The van der Waals surface area contributed by atoms with Crippen molar-refractivity contribution in [1.29, 1.82) is 0 Å². The average molecular weight is 567 g/mol. The first-order valence-electron chi connectivity index (χ1n) is 11.2. The van der Waals surface area contributed by atoms with E-state index in [4.69, 9.17) is 14.2 Å². The number of anilines is 1. The quantitative estimate of drug-likeness (QED) is 0.218. The zero-order valence-electron chi connectivity index (χ0n) is 19.7. The van der Waals surface area contributed by atoms with E-state index in [2.05, 4.69) is 37.1 Å². The van der Waals surface area contributed by atoms with E-state index in [0.717, 1.165) is 15.6 Å². The number of carbonyl (C=O) groups excluding carboxylic acids is 3. The number of nitrogens with one attached hydrogen (secondary N) is 3. The molecule has 0 spiro atoms. The fourth-order valence-corrected chi connectivity index (χ4v) is 3.63. The molecule has 0 aliphatic carbocycles. The van der Waals surface area contributed by atoms with Crippen LogP contribution in [-0.2, 0) is 20.9 Å². The lowest BCUT2D eigenvalue weighted by Gasteiger charge is -2.10. The third-order valence-corrected chi connectivity index (χ3v) is 5.63. The third kappa shape index (κ3) is 7.31. The van der Waals surface area contributed by atoms with Crippen molar-refractivity contribution in [2.75, 3.05) is 18.7 Å². The second kappa shape index (κ2) is 12.0. The Labute approximate surface area is 221 Å². The molecule has 0 fully saturated rings. The van der Waals surface area contributed by atoms with Gasteiger partial charge in [0.05, 0.1) is 6.21 Å². The van der Waals surface area contributed by atoms with Gasteiger partial charge in [-0.05, 0) is 55.0 Å². The topological polar surface area (TPSA) is 127 Å². The van der Waals surface area contributed by atoms with Gasteiger partial charge >= 0.3 is 11.8 Å². The van der Waals surface area contributed by atoms with Crippen LogP contribution in [0.2, 0.25) is 0 Å². The highest BCUT2D eigenvalue weighted by molar-refractivity contribution is 9.10. The van der Waals surface area contributed by atoms with Gasteiger partial charge in [-0.2, -0.15) is 5.10 Å². The van der Waals surface area contributed by atoms with Gasteiger partial charge in [-0.3, -0.25) is 14.4 Å². The van der Waals surface area contributed by atoms with Crippen molar-refractivity contribution < 1.29 is 28.6 Å². The Balaban J connectivity index is 1.28. The molecular weight excluding hydrogens is 544 g/mol. The van der Waals surface area contributed by atoms with Gasteiger partial charge < -0.3 is 24.8 Å². The van der Waals surface area contributed by atoms with Gasteiger partial charge in [-0.1, -0.05) is 39.7 Å². The van der Waals surface area contributed by atoms with Crippen molar-refractivity contribution in [3.05, 3.63) is 81.8 Å². The van der Waals surface area contributed by atoms with E-state index in [9.17, 15) is 14.4 Å². The van der Waals surface area contributed by atoms with Crippen LogP contribution < -0.4 is 30.3 Å². The van der Waals surface area contributed by atoms with Crippen molar-refractivity contribution in [2.45, 2.75) is 13.5 Å². The smallest absolute Gasteiger partial charge is 0.329 e. The summed E-state index contributed by atoms with van der Waals surface area (Å²) in [6.07, 6.45) is 1.32. The molecule has 4 rings (SSSR count). The number of ether oxygens (including phenoxy) is 3. The summed E-state index contributed by atoms with van der Waals surface area (Å²) < 4.78 is 16.9. The lowest BCUT2D eigenvalue weighted by molar-refractivity contribution is -0.139. The van der Waals surface area contributed by atoms with Crippen molar-refractivity contribution >= 4 is 45.6 Å². The zero-order chi connectivity index (χ0) is 26.2. The SMILES string of the molecule is Cc1ccc(NC(=O)COc2ccc(Br)cc2/C=N\NC(=O)C(=O)NCc2ccc3c(c2)OCO3)cc1. The maximum Gasteiger partial charge on any atom is 0.329 e. The fraction of sp³-hybridized carbons (Fsp3) is 0.154. The molecule has 0 bridgehead atoms. The molecule has 3 N–H and O–H groups in total. The highest BCUT2D eigenvalue weighted by Crippen LogP contribution is 2.32. The van der Waals surface area contributed by atoms with Gasteiger partial charge in [-0.15, -0.1) is 0 Å². The van der Waals surface area contributed by atoms with Crippen LogP contribution in [0, 0.1) is 6.92 Å². The number of rotatable bonds is 8. The van der Waals surface area contributed by atoms with E-state index in [1.54, 1.807) is 48.5 Å². The minimum Gasteiger partial charge on any atom is -0.483 e. The molecule has 3 amide bonds. The number of hydrogen-bond donors (Lipinski definition) is 3. The Morgan fingerprint density at radius 2 is 1.78 bits per heavy atom. The molecule has 3 aromatic rings. The van der Waals surface area contributed by atoms with Crippen LogP contribution in [-0.4, -0.2) is 37.3 Å². The monoisotopic (exact) mass is 566 g/mol. The molecule has 190 valence electrons. The number of aryl methyl sites for hydroxylation is 1. The van der Waals surface area contributed by atoms with Crippen molar-refractivity contribution in [3.8, 4) is 17.2 Å². The summed E-state index contributed by atoms with van der Waals surface area (Å²) in [5.41, 5.74) is 5.16. The van der Waals surface area contributed by atoms with Gasteiger partial charge in [0.25, 0.3) is 5.91 Å². The van der Waals surface area contributed by atoms with Crippen molar-refractivity contribution in [3.63, 3.8) is 0 Å². The Hall–Kier alpha value is -4.38. The van der Waals surface area contributed by atoms with Crippen LogP contribution in [0.3, 0.4) is 0 Å². The van der Waals surface area contributed by atoms with Gasteiger partial charge in [0.2, 0.25) is 6.79 Å². The first kappa shape index (κ1) is 25.7. The Bertz CT molecular complexity index is 1340. The van der Waals surface area contributed by atoms with Gasteiger partial charge in [0, 0.05) is 22.3 Å². The van der Waals surface area contributed by atoms with E-state index in [1.807, 2.05) is 19.1 Å². The van der Waals surface area contributed by atoms with Crippen LogP contribution in [0.5, 0.6) is 17.2 Å². The predicted octanol–water partition coefficient (Wildman–Crippen LogP) is 3.27. The van der Waals surface area contributed by atoms with Gasteiger partial charge in [0.15, 0.2) is 18.1 Å². The first-order valence-corrected chi connectivity index (χ1v) is 12.0. The largest absolute Gasteiger partial charge is 0.483 e. The molecule has 0 aromatic heterocycles. The molecule has 3 aromatic carbocycles. The summed E-state index contributed by atoms with van der Waals surface area (Å²) in [5, 5.41) is 9.12. The number of benzene rings is 3. The number of fused-ring (bicyclic) bond motifs is 1. The first-order chi connectivity index (χ1) is 17.9. The molecule has 0 radical (unpaired) electrons. The molecule has 10 nitrogen and oxygen atoms in total. The summed E-state index contributed by atoms with van der Waals surface area (Å²) in [6.45, 7) is 2.00.